The second-order valence-corrected chi connectivity index (χ2v) is 4.83. The summed E-state index contributed by atoms with van der Waals surface area (Å²) in [6, 6.07) is 3.98. The molecule has 0 amide bonds. The highest BCUT2D eigenvalue weighted by Gasteiger charge is 2.17. The van der Waals surface area contributed by atoms with Crippen molar-refractivity contribution in [3.8, 4) is 0 Å². The molecule has 2 nitrogen and oxygen atoms in total. The van der Waals surface area contributed by atoms with Gasteiger partial charge in [0, 0.05) is 18.7 Å². The third-order valence-corrected chi connectivity index (χ3v) is 3.56. The lowest BCUT2D eigenvalue weighted by Gasteiger charge is -2.19. The topological polar surface area (TPSA) is 15.3 Å². The number of nitrogens with zero attached hydrogens (tertiary/aromatic N) is 1. The van der Waals surface area contributed by atoms with E-state index in [1.54, 1.807) is 0 Å². The number of halogens is 2. The third kappa shape index (κ3) is 3.42. The van der Waals surface area contributed by atoms with Crippen molar-refractivity contribution in [2.24, 2.45) is 0 Å². The summed E-state index contributed by atoms with van der Waals surface area (Å²) in [5, 5.41) is 3.19. The number of rotatable bonds is 3. The van der Waals surface area contributed by atoms with E-state index in [1.807, 2.05) is 0 Å². The van der Waals surface area contributed by atoms with E-state index in [2.05, 4.69) is 17.1 Å². The number of likely N-dealkylation sites (tertiary alicyclic amines) is 1. The predicted molar refractivity (Wildman–Crippen MR) is 69.7 cm³/mol. The normalized spacial score (nSPS) is 21.6. The molecule has 2 rings (SSSR count). The summed E-state index contributed by atoms with van der Waals surface area (Å²) >= 11 is 0. The zero-order valence-corrected chi connectivity index (χ0v) is 10.8. The summed E-state index contributed by atoms with van der Waals surface area (Å²) in [4.78, 5) is 2.41. The largest absolute Gasteiger partial charge is 0.380 e. The van der Waals surface area contributed by atoms with Gasteiger partial charge in [0.25, 0.3) is 0 Å². The van der Waals surface area contributed by atoms with E-state index < -0.39 is 11.6 Å². The minimum absolute atomic E-state index is 0.279. The summed E-state index contributed by atoms with van der Waals surface area (Å²) in [7, 11) is 0. The van der Waals surface area contributed by atoms with Crippen molar-refractivity contribution in [1.82, 2.24) is 4.90 Å². The summed E-state index contributed by atoms with van der Waals surface area (Å²) < 4.78 is 26.4. The van der Waals surface area contributed by atoms with Crippen LogP contribution in [0.4, 0.5) is 14.5 Å². The van der Waals surface area contributed by atoms with Crippen molar-refractivity contribution < 1.29 is 8.78 Å². The molecule has 4 heteroatoms. The van der Waals surface area contributed by atoms with Gasteiger partial charge in [0.2, 0.25) is 0 Å². The van der Waals surface area contributed by atoms with Crippen molar-refractivity contribution in [1.29, 1.82) is 0 Å². The Morgan fingerprint density at radius 2 is 2.11 bits per heavy atom. The van der Waals surface area contributed by atoms with Gasteiger partial charge in [-0.3, -0.25) is 0 Å². The summed E-state index contributed by atoms with van der Waals surface area (Å²) in [6.07, 6.45) is 3.16. The maximum absolute atomic E-state index is 13.5. The first-order valence-corrected chi connectivity index (χ1v) is 6.63. The van der Waals surface area contributed by atoms with Crippen LogP contribution in [0.25, 0.3) is 0 Å². The molecule has 1 heterocycles. The molecule has 1 aliphatic heterocycles. The average Bonchev–Trinajstić information content (AvgIpc) is 2.58. The Balaban J connectivity index is 1.96. The van der Waals surface area contributed by atoms with E-state index in [9.17, 15) is 8.78 Å². The molecule has 1 unspecified atom stereocenters. The Labute approximate surface area is 107 Å². The molecule has 1 N–H and O–H groups in total. The Hall–Kier alpha value is -1.16. The number of hydrogen-bond donors (Lipinski definition) is 1. The van der Waals surface area contributed by atoms with Crippen LogP contribution in [0.3, 0.4) is 0 Å². The molecule has 0 bridgehead atoms. The van der Waals surface area contributed by atoms with Crippen molar-refractivity contribution >= 4 is 5.69 Å². The van der Waals surface area contributed by atoms with E-state index in [-0.39, 0.29) is 6.04 Å². The third-order valence-electron chi connectivity index (χ3n) is 3.56. The van der Waals surface area contributed by atoms with Crippen LogP contribution in [-0.2, 0) is 0 Å². The van der Waals surface area contributed by atoms with E-state index in [0.29, 0.717) is 5.69 Å². The van der Waals surface area contributed by atoms with Crippen LogP contribution in [0.2, 0.25) is 0 Å². The monoisotopic (exact) mass is 254 g/mol. The van der Waals surface area contributed by atoms with Crippen molar-refractivity contribution in [3.05, 3.63) is 29.8 Å². The molecule has 100 valence electrons. The summed E-state index contributed by atoms with van der Waals surface area (Å²) in [5.41, 5.74) is 0.409. The van der Waals surface area contributed by atoms with Gasteiger partial charge in [-0.05, 0) is 44.5 Å². The van der Waals surface area contributed by atoms with Crippen LogP contribution in [0, 0.1) is 11.6 Å². The molecule has 0 aliphatic carbocycles. The fourth-order valence-corrected chi connectivity index (χ4v) is 2.44. The lowest BCUT2D eigenvalue weighted by atomic mass is 10.1. The lowest BCUT2D eigenvalue weighted by Crippen LogP contribution is -2.26. The van der Waals surface area contributed by atoms with Crippen LogP contribution in [-0.4, -0.2) is 30.6 Å². The molecule has 0 saturated carbocycles. The minimum atomic E-state index is -0.531. The number of anilines is 1. The SMILES string of the molecule is CCN1CCCC(Nc2ccc(F)cc2F)CC1. The summed E-state index contributed by atoms with van der Waals surface area (Å²) in [5.74, 6) is -1.04. The van der Waals surface area contributed by atoms with Crippen LogP contribution in [0.1, 0.15) is 26.2 Å². The fourth-order valence-electron chi connectivity index (χ4n) is 2.44. The second kappa shape index (κ2) is 6.14. The number of hydrogen-bond acceptors (Lipinski definition) is 2. The van der Waals surface area contributed by atoms with Crippen molar-refractivity contribution in [2.45, 2.75) is 32.2 Å². The smallest absolute Gasteiger partial charge is 0.149 e. The molecule has 0 aromatic heterocycles. The van der Waals surface area contributed by atoms with Crippen molar-refractivity contribution in [3.63, 3.8) is 0 Å². The first-order valence-electron chi connectivity index (χ1n) is 6.63. The minimum Gasteiger partial charge on any atom is -0.380 e. The molecule has 1 aromatic rings. The zero-order chi connectivity index (χ0) is 13.0. The molecular formula is C14H20F2N2. The molecule has 18 heavy (non-hydrogen) atoms. The Morgan fingerprint density at radius 1 is 1.28 bits per heavy atom. The zero-order valence-electron chi connectivity index (χ0n) is 10.8. The van der Waals surface area contributed by atoms with Gasteiger partial charge in [0.05, 0.1) is 5.69 Å². The highest BCUT2D eigenvalue weighted by molar-refractivity contribution is 5.45. The van der Waals surface area contributed by atoms with E-state index in [4.69, 9.17) is 0 Å². The second-order valence-electron chi connectivity index (χ2n) is 4.83. The van der Waals surface area contributed by atoms with E-state index in [1.165, 1.54) is 12.1 Å². The first-order chi connectivity index (χ1) is 8.69. The lowest BCUT2D eigenvalue weighted by molar-refractivity contribution is 0.300. The van der Waals surface area contributed by atoms with Crippen LogP contribution >= 0.6 is 0 Å². The fraction of sp³-hybridized carbons (Fsp3) is 0.571. The van der Waals surface area contributed by atoms with Gasteiger partial charge in [-0.2, -0.15) is 0 Å². The highest BCUT2D eigenvalue weighted by atomic mass is 19.1. The first kappa shape index (κ1) is 13.3. The van der Waals surface area contributed by atoms with Gasteiger partial charge in [-0.15, -0.1) is 0 Å². The van der Waals surface area contributed by atoms with Gasteiger partial charge < -0.3 is 10.2 Å². The highest BCUT2D eigenvalue weighted by Crippen LogP contribution is 2.20. The quantitative estimate of drug-likeness (QED) is 0.890. The Kier molecular flexibility index (Phi) is 4.53. The standard InChI is InChI=1S/C14H20F2N2/c1-2-18-8-3-4-12(7-9-18)17-14-6-5-11(15)10-13(14)16/h5-6,10,12,17H,2-4,7-9H2,1H3. The number of nitrogens with one attached hydrogen (secondary N) is 1. The Morgan fingerprint density at radius 3 is 2.83 bits per heavy atom. The van der Waals surface area contributed by atoms with Crippen LogP contribution < -0.4 is 5.32 Å². The van der Waals surface area contributed by atoms with Gasteiger partial charge >= 0.3 is 0 Å². The maximum atomic E-state index is 13.5. The summed E-state index contributed by atoms with van der Waals surface area (Å²) in [6.45, 7) is 5.38. The molecule has 1 aliphatic rings. The van der Waals surface area contributed by atoms with Gasteiger partial charge in [0.1, 0.15) is 11.6 Å². The van der Waals surface area contributed by atoms with Crippen molar-refractivity contribution in [2.75, 3.05) is 25.0 Å². The molecule has 0 radical (unpaired) electrons. The van der Waals surface area contributed by atoms with Gasteiger partial charge in [-0.25, -0.2) is 8.78 Å². The Bertz CT molecular complexity index is 395. The molecular weight excluding hydrogens is 234 g/mol. The molecule has 0 spiro atoms. The van der Waals surface area contributed by atoms with E-state index in [0.717, 1.165) is 45.0 Å². The molecule has 1 fully saturated rings. The predicted octanol–water partition coefficient (Wildman–Crippen LogP) is 3.25. The van der Waals surface area contributed by atoms with Crippen LogP contribution in [0.5, 0.6) is 0 Å². The molecule has 1 aromatic carbocycles. The molecule has 1 saturated heterocycles. The maximum Gasteiger partial charge on any atom is 0.149 e. The van der Waals surface area contributed by atoms with E-state index >= 15 is 0 Å². The van der Waals surface area contributed by atoms with Crippen LogP contribution in [0.15, 0.2) is 18.2 Å². The molecule has 1 atom stereocenters. The van der Waals surface area contributed by atoms with Gasteiger partial charge in [0.15, 0.2) is 0 Å². The van der Waals surface area contributed by atoms with Gasteiger partial charge in [-0.1, -0.05) is 6.92 Å². The average molecular weight is 254 g/mol. The number of benzene rings is 1.